The summed E-state index contributed by atoms with van der Waals surface area (Å²) in [6.45, 7) is 0. The van der Waals surface area contributed by atoms with Crippen LogP contribution in [0.1, 0.15) is 5.56 Å². The number of ether oxygens (including phenoxy) is 2. The molecule has 2 atom stereocenters. The molecule has 0 aromatic heterocycles. The predicted octanol–water partition coefficient (Wildman–Crippen LogP) is 4.70. The second-order valence-electron chi connectivity index (χ2n) is 6.69. The molecular formula is C24H22N2O2. The number of rotatable bonds is 5. The number of nitrogen functional groups attached to an aromatic ring is 2. The molecule has 0 fully saturated rings. The highest BCUT2D eigenvalue weighted by atomic mass is 16.6. The molecule has 0 aliphatic heterocycles. The molecule has 28 heavy (non-hydrogen) atoms. The molecule has 1 aliphatic rings. The van der Waals surface area contributed by atoms with Crippen LogP contribution in [0, 0.1) is 0 Å². The molecule has 0 saturated carbocycles. The number of hydrogen-bond acceptors (Lipinski definition) is 4. The fourth-order valence-corrected chi connectivity index (χ4v) is 3.35. The Morgan fingerprint density at radius 1 is 0.714 bits per heavy atom. The van der Waals surface area contributed by atoms with Crippen LogP contribution in [0.15, 0.2) is 103 Å². The van der Waals surface area contributed by atoms with Gasteiger partial charge in [0.1, 0.15) is 11.5 Å². The normalized spacial score (nSPS) is 20.6. The van der Waals surface area contributed by atoms with Crippen LogP contribution in [0.2, 0.25) is 0 Å². The van der Waals surface area contributed by atoms with Crippen LogP contribution in [-0.4, -0.2) is 6.10 Å². The van der Waals surface area contributed by atoms with E-state index in [1.54, 1.807) is 0 Å². The van der Waals surface area contributed by atoms with E-state index in [9.17, 15) is 0 Å². The molecule has 0 bridgehead atoms. The first-order chi connectivity index (χ1) is 13.7. The number of allylic oxidation sites excluding steroid dienone is 2. The third kappa shape index (κ3) is 3.58. The van der Waals surface area contributed by atoms with Gasteiger partial charge in [-0.05, 0) is 36.4 Å². The molecule has 1 aliphatic carbocycles. The van der Waals surface area contributed by atoms with Crippen molar-refractivity contribution in [2.45, 2.75) is 11.7 Å². The molecule has 2 unspecified atom stereocenters. The van der Waals surface area contributed by atoms with Gasteiger partial charge in [0, 0.05) is 29.1 Å². The molecule has 0 spiro atoms. The molecular weight excluding hydrogens is 348 g/mol. The largest absolute Gasteiger partial charge is 0.481 e. The van der Waals surface area contributed by atoms with Crippen LogP contribution < -0.4 is 20.9 Å². The summed E-state index contributed by atoms with van der Waals surface area (Å²) in [5, 5.41) is 0. The SMILES string of the molecule is Nc1cccc(OC2C=CC=CC2(Oc2cccc(N)c2)c2ccccc2)c1. The Labute approximate surface area is 164 Å². The molecule has 3 aromatic carbocycles. The van der Waals surface area contributed by atoms with E-state index in [0.29, 0.717) is 22.9 Å². The van der Waals surface area contributed by atoms with E-state index >= 15 is 0 Å². The monoisotopic (exact) mass is 370 g/mol. The van der Waals surface area contributed by atoms with Gasteiger partial charge < -0.3 is 20.9 Å². The summed E-state index contributed by atoms with van der Waals surface area (Å²) in [6, 6.07) is 24.8. The van der Waals surface area contributed by atoms with Crippen molar-refractivity contribution >= 4 is 11.4 Å². The average Bonchev–Trinajstić information content (AvgIpc) is 2.70. The molecule has 4 rings (SSSR count). The number of nitrogens with two attached hydrogens (primary N) is 2. The van der Waals surface area contributed by atoms with Crippen molar-refractivity contribution in [3.05, 3.63) is 109 Å². The van der Waals surface area contributed by atoms with Crippen LogP contribution in [0.3, 0.4) is 0 Å². The molecule has 0 heterocycles. The summed E-state index contributed by atoms with van der Waals surface area (Å²) in [7, 11) is 0. The van der Waals surface area contributed by atoms with Gasteiger partial charge in [-0.2, -0.15) is 0 Å². The first-order valence-corrected chi connectivity index (χ1v) is 9.14. The van der Waals surface area contributed by atoms with E-state index in [-0.39, 0.29) is 0 Å². The van der Waals surface area contributed by atoms with Crippen LogP contribution in [0.5, 0.6) is 11.5 Å². The topological polar surface area (TPSA) is 70.5 Å². The molecule has 0 amide bonds. The maximum atomic E-state index is 6.55. The minimum Gasteiger partial charge on any atom is -0.481 e. The average molecular weight is 370 g/mol. The Balaban J connectivity index is 1.78. The zero-order chi connectivity index (χ0) is 19.4. The number of hydrogen-bond donors (Lipinski definition) is 2. The Morgan fingerprint density at radius 3 is 2.11 bits per heavy atom. The highest BCUT2D eigenvalue weighted by Gasteiger charge is 2.42. The summed E-state index contributed by atoms with van der Waals surface area (Å²) in [5.74, 6) is 1.35. The summed E-state index contributed by atoms with van der Waals surface area (Å²) in [4.78, 5) is 0. The maximum absolute atomic E-state index is 6.55. The Kier molecular flexibility index (Phi) is 4.77. The van der Waals surface area contributed by atoms with Crippen LogP contribution >= 0.6 is 0 Å². The minimum absolute atomic E-state index is 0.400. The van der Waals surface area contributed by atoms with Gasteiger partial charge in [0.15, 0.2) is 11.7 Å². The fourth-order valence-electron chi connectivity index (χ4n) is 3.35. The first kappa shape index (κ1) is 17.7. The molecule has 4 nitrogen and oxygen atoms in total. The van der Waals surface area contributed by atoms with Gasteiger partial charge in [-0.25, -0.2) is 0 Å². The molecule has 4 heteroatoms. The number of anilines is 2. The first-order valence-electron chi connectivity index (χ1n) is 9.14. The van der Waals surface area contributed by atoms with E-state index in [2.05, 4.69) is 0 Å². The third-order valence-electron chi connectivity index (χ3n) is 4.65. The lowest BCUT2D eigenvalue weighted by molar-refractivity contribution is 0.0158. The summed E-state index contributed by atoms with van der Waals surface area (Å²) in [5.41, 5.74) is 13.3. The maximum Gasteiger partial charge on any atom is 0.193 e. The third-order valence-corrected chi connectivity index (χ3v) is 4.65. The van der Waals surface area contributed by atoms with Crippen molar-refractivity contribution < 1.29 is 9.47 Å². The van der Waals surface area contributed by atoms with Gasteiger partial charge in [-0.1, -0.05) is 54.6 Å². The Bertz CT molecular complexity index is 1010. The predicted molar refractivity (Wildman–Crippen MR) is 113 cm³/mol. The van der Waals surface area contributed by atoms with Gasteiger partial charge in [0.25, 0.3) is 0 Å². The van der Waals surface area contributed by atoms with E-state index in [1.807, 2.05) is 103 Å². The summed E-state index contributed by atoms with van der Waals surface area (Å²) >= 11 is 0. The standard InChI is InChI=1S/C24H22N2O2/c25-19-10-6-12-21(16-19)27-23-14-4-5-15-24(23,18-8-2-1-3-9-18)28-22-13-7-11-20(26)17-22/h1-17,23H,25-26H2. The van der Waals surface area contributed by atoms with Crippen molar-refractivity contribution in [2.24, 2.45) is 0 Å². The second-order valence-corrected chi connectivity index (χ2v) is 6.69. The van der Waals surface area contributed by atoms with Crippen LogP contribution in [0.4, 0.5) is 11.4 Å². The lowest BCUT2D eigenvalue weighted by Gasteiger charge is -2.39. The molecule has 0 saturated heterocycles. The summed E-state index contributed by atoms with van der Waals surface area (Å²) < 4.78 is 12.9. The van der Waals surface area contributed by atoms with Gasteiger partial charge in [-0.15, -0.1) is 0 Å². The van der Waals surface area contributed by atoms with E-state index in [4.69, 9.17) is 20.9 Å². The zero-order valence-corrected chi connectivity index (χ0v) is 15.4. The van der Waals surface area contributed by atoms with Crippen molar-refractivity contribution in [3.63, 3.8) is 0 Å². The van der Waals surface area contributed by atoms with Crippen molar-refractivity contribution in [1.82, 2.24) is 0 Å². The van der Waals surface area contributed by atoms with Gasteiger partial charge >= 0.3 is 0 Å². The van der Waals surface area contributed by atoms with E-state index < -0.39 is 11.7 Å². The molecule has 0 radical (unpaired) electrons. The second kappa shape index (κ2) is 7.53. The summed E-state index contributed by atoms with van der Waals surface area (Å²) in [6.07, 6.45) is 7.53. The van der Waals surface area contributed by atoms with Gasteiger partial charge in [0.2, 0.25) is 0 Å². The molecule has 4 N–H and O–H groups in total. The molecule has 3 aromatic rings. The Morgan fingerprint density at radius 2 is 1.39 bits per heavy atom. The number of benzene rings is 3. The zero-order valence-electron chi connectivity index (χ0n) is 15.4. The van der Waals surface area contributed by atoms with Crippen LogP contribution in [-0.2, 0) is 5.60 Å². The highest BCUT2D eigenvalue weighted by molar-refractivity contribution is 5.47. The van der Waals surface area contributed by atoms with Crippen molar-refractivity contribution in [3.8, 4) is 11.5 Å². The van der Waals surface area contributed by atoms with Gasteiger partial charge in [-0.3, -0.25) is 0 Å². The lowest BCUT2D eigenvalue weighted by atomic mass is 9.84. The Hall–Kier alpha value is -3.66. The highest BCUT2D eigenvalue weighted by Crippen LogP contribution is 2.38. The minimum atomic E-state index is -0.853. The lowest BCUT2D eigenvalue weighted by Crippen LogP contribution is -2.46. The van der Waals surface area contributed by atoms with Crippen molar-refractivity contribution in [1.29, 1.82) is 0 Å². The van der Waals surface area contributed by atoms with Crippen LogP contribution in [0.25, 0.3) is 0 Å². The van der Waals surface area contributed by atoms with Gasteiger partial charge in [0.05, 0.1) is 0 Å². The van der Waals surface area contributed by atoms with E-state index in [1.165, 1.54) is 0 Å². The quantitative estimate of drug-likeness (QED) is 0.639. The van der Waals surface area contributed by atoms with Crippen molar-refractivity contribution in [2.75, 3.05) is 11.5 Å². The fraction of sp³-hybridized carbons (Fsp3) is 0.0833. The smallest absolute Gasteiger partial charge is 0.193 e. The molecule has 140 valence electrons. The van der Waals surface area contributed by atoms with E-state index in [0.717, 1.165) is 5.56 Å².